The number of fused-ring (bicyclic) bond motifs is 1. The number of rotatable bonds is 5. The Kier molecular flexibility index (Phi) is 5.57. The first kappa shape index (κ1) is 19.1. The second-order valence-corrected chi connectivity index (χ2v) is 7.62. The van der Waals surface area contributed by atoms with Crippen molar-refractivity contribution < 1.29 is 9.69 Å². The Labute approximate surface area is 168 Å². The number of quaternary nitrogens is 1. The van der Waals surface area contributed by atoms with Crippen LogP contribution in [0.2, 0.25) is 0 Å². The van der Waals surface area contributed by atoms with E-state index in [-0.39, 0.29) is 18.5 Å². The molecule has 2 aromatic carbocycles. The van der Waals surface area contributed by atoms with Gasteiger partial charge in [-0.15, -0.1) is 0 Å². The zero-order chi connectivity index (χ0) is 20.2. The van der Waals surface area contributed by atoms with Crippen LogP contribution in [-0.2, 0) is 17.9 Å². The third-order valence-corrected chi connectivity index (χ3v) is 5.55. The van der Waals surface area contributed by atoms with Crippen LogP contribution in [0.4, 0.5) is 0 Å². The van der Waals surface area contributed by atoms with Gasteiger partial charge in [-0.1, -0.05) is 42.5 Å². The summed E-state index contributed by atoms with van der Waals surface area (Å²) in [5.41, 5.74) is 0.792. The predicted molar refractivity (Wildman–Crippen MR) is 111 cm³/mol. The zero-order valence-electron chi connectivity index (χ0n) is 16.2. The number of piperidine rings is 1. The van der Waals surface area contributed by atoms with Gasteiger partial charge in [-0.25, -0.2) is 4.79 Å². The Hall–Kier alpha value is -3.19. The molecule has 0 aliphatic carbocycles. The van der Waals surface area contributed by atoms with Crippen molar-refractivity contribution in [1.29, 1.82) is 0 Å². The minimum atomic E-state index is -0.564. The lowest BCUT2D eigenvalue weighted by Crippen LogP contribution is -3.12. The van der Waals surface area contributed by atoms with Gasteiger partial charge in [-0.05, 0) is 12.1 Å². The van der Waals surface area contributed by atoms with Crippen LogP contribution in [-0.4, -0.2) is 34.6 Å². The molecule has 29 heavy (non-hydrogen) atoms. The van der Waals surface area contributed by atoms with E-state index in [1.165, 1.54) is 10.5 Å². The molecule has 0 atom stereocenters. The van der Waals surface area contributed by atoms with Gasteiger partial charge in [0.05, 0.1) is 24.0 Å². The van der Waals surface area contributed by atoms with Crippen molar-refractivity contribution >= 4 is 16.8 Å². The molecule has 1 aliphatic rings. The quantitative estimate of drug-likeness (QED) is 0.573. The van der Waals surface area contributed by atoms with Gasteiger partial charge >= 0.3 is 5.69 Å². The number of H-pyrrole nitrogens is 1. The summed E-state index contributed by atoms with van der Waals surface area (Å²) in [6, 6.07) is 17.3. The lowest BCUT2D eigenvalue weighted by molar-refractivity contribution is -0.918. The van der Waals surface area contributed by atoms with E-state index < -0.39 is 11.2 Å². The number of aromatic amines is 1. The van der Waals surface area contributed by atoms with Crippen LogP contribution in [0.15, 0.2) is 64.2 Å². The second kappa shape index (κ2) is 8.45. The number of para-hydroxylation sites is 1. The number of benzene rings is 2. The van der Waals surface area contributed by atoms with Gasteiger partial charge in [0.2, 0.25) is 5.91 Å². The third-order valence-electron chi connectivity index (χ3n) is 5.55. The summed E-state index contributed by atoms with van der Waals surface area (Å²) < 4.78 is 0.966. The average molecular weight is 393 g/mol. The minimum absolute atomic E-state index is 0.0808. The Bertz CT molecular complexity index is 1110. The van der Waals surface area contributed by atoms with Gasteiger partial charge < -0.3 is 15.2 Å². The first-order chi connectivity index (χ1) is 14.1. The molecular formula is C22H25N4O3+. The number of likely N-dealkylation sites (tertiary alicyclic amines) is 1. The Morgan fingerprint density at radius 2 is 1.72 bits per heavy atom. The van der Waals surface area contributed by atoms with Crippen LogP contribution in [0.25, 0.3) is 10.9 Å². The normalized spacial score (nSPS) is 19.2. The first-order valence-corrected chi connectivity index (χ1v) is 9.99. The standard InChI is InChI=1S/C22H24N4O3/c27-20(15-26-21(28)18-8-4-5-9-19(18)24-22(26)29)23-17-10-12-25(13-11-17)14-16-6-2-1-3-7-16/h1-9,17H,10-15H2,(H,23,27)(H,24,29)/p+1. The van der Waals surface area contributed by atoms with E-state index in [4.69, 9.17) is 0 Å². The summed E-state index contributed by atoms with van der Waals surface area (Å²) in [5, 5.41) is 3.39. The van der Waals surface area contributed by atoms with Gasteiger partial charge in [0.1, 0.15) is 13.1 Å². The van der Waals surface area contributed by atoms with Crippen molar-refractivity contribution in [2.75, 3.05) is 13.1 Å². The summed E-state index contributed by atoms with van der Waals surface area (Å²) in [7, 11) is 0. The average Bonchev–Trinajstić information content (AvgIpc) is 2.73. The molecular weight excluding hydrogens is 368 g/mol. The molecule has 0 spiro atoms. The van der Waals surface area contributed by atoms with Gasteiger partial charge in [-0.3, -0.25) is 14.2 Å². The molecule has 7 heteroatoms. The molecule has 1 aliphatic heterocycles. The molecule has 1 fully saturated rings. The van der Waals surface area contributed by atoms with Crippen LogP contribution >= 0.6 is 0 Å². The van der Waals surface area contributed by atoms with Crippen LogP contribution in [0.1, 0.15) is 18.4 Å². The fourth-order valence-electron chi connectivity index (χ4n) is 3.99. The Morgan fingerprint density at radius 3 is 2.48 bits per heavy atom. The fraction of sp³-hybridized carbons (Fsp3) is 0.318. The predicted octanol–water partition coefficient (Wildman–Crippen LogP) is 0.0535. The third kappa shape index (κ3) is 4.46. The SMILES string of the molecule is O=C(Cn1c(=O)[nH]c2ccccc2c1=O)NC1CC[NH+](Cc2ccccc2)CC1. The topological polar surface area (TPSA) is 88.4 Å². The van der Waals surface area contributed by atoms with Crippen molar-refractivity contribution in [2.45, 2.75) is 32.0 Å². The molecule has 1 saturated heterocycles. The number of aromatic nitrogens is 2. The Morgan fingerprint density at radius 1 is 1.03 bits per heavy atom. The molecule has 1 aromatic heterocycles. The summed E-state index contributed by atoms with van der Waals surface area (Å²) >= 11 is 0. The second-order valence-electron chi connectivity index (χ2n) is 7.62. The summed E-state index contributed by atoms with van der Waals surface area (Å²) in [6.45, 7) is 2.69. The zero-order valence-corrected chi connectivity index (χ0v) is 16.2. The van der Waals surface area contributed by atoms with E-state index in [0.717, 1.165) is 37.0 Å². The largest absolute Gasteiger partial charge is 0.351 e. The molecule has 2 heterocycles. The van der Waals surface area contributed by atoms with Crippen molar-refractivity contribution in [3.05, 3.63) is 81.0 Å². The van der Waals surface area contributed by atoms with E-state index in [1.807, 2.05) is 6.07 Å². The van der Waals surface area contributed by atoms with Crippen molar-refractivity contribution in [2.24, 2.45) is 0 Å². The van der Waals surface area contributed by atoms with Crippen molar-refractivity contribution in [1.82, 2.24) is 14.9 Å². The van der Waals surface area contributed by atoms with Crippen LogP contribution in [0.3, 0.4) is 0 Å². The van der Waals surface area contributed by atoms with E-state index in [2.05, 4.69) is 34.6 Å². The summed E-state index contributed by atoms with van der Waals surface area (Å²) in [6.07, 6.45) is 1.77. The van der Waals surface area contributed by atoms with Crippen LogP contribution < -0.4 is 21.5 Å². The van der Waals surface area contributed by atoms with Gasteiger partial charge in [0, 0.05) is 24.4 Å². The monoisotopic (exact) mass is 393 g/mol. The molecule has 0 unspecified atom stereocenters. The Balaban J connectivity index is 1.35. The van der Waals surface area contributed by atoms with Crippen molar-refractivity contribution in [3.63, 3.8) is 0 Å². The lowest BCUT2D eigenvalue weighted by atomic mass is 10.0. The first-order valence-electron chi connectivity index (χ1n) is 9.99. The molecule has 0 radical (unpaired) electrons. The highest BCUT2D eigenvalue weighted by Gasteiger charge is 2.24. The number of amides is 1. The van der Waals surface area contributed by atoms with E-state index in [9.17, 15) is 14.4 Å². The molecule has 0 bridgehead atoms. The molecule has 150 valence electrons. The minimum Gasteiger partial charge on any atom is -0.351 e. The smallest absolute Gasteiger partial charge is 0.329 e. The highest BCUT2D eigenvalue weighted by molar-refractivity contribution is 5.79. The maximum atomic E-state index is 12.6. The van der Waals surface area contributed by atoms with Gasteiger partial charge in [0.15, 0.2) is 0 Å². The highest BCUT2D eigenvalue weighted by Crippen LogP contribution is 2.04. The van der Waals surface area contributed by atoms with Gasteiger partial charge in [0.25, 0.3) is 5.56 Å². The summed E-state index contributed by atoms with van der Waals surface area (Å²) in [4.78, 5) is 41.4. The van der Waals surface area contributed by atoms with E-state index in [1.54, 1.807) is 24.3 Å². The van der Waals surface area contributed by atoms with E-state index in [0.29, 0.717) is 10.9 Å². The number of nitrogens with one attached hydrogen (secondary N) is 3. The number of hydrogen-bond donors (Lipinski definition) is 3. The molecule has 0 saturated carbocycles. The maximum Gasteiger partial charge on any atom is 0.329 e. The molecule has 3 N–H and O–H groups in total. The molecule has 3 aromatic rings. The van der Waals surface area contributed by atoms with Gasteiger partial charge in [-0.2, -0.15) is 0 Å². The van der Waals surface area contributed by atoms with E-state index >= 15 is 0 Å². The van der Waals surface area contributed by atoms with Crippen LogP contribution in [0, 0.1) is 0 Å². The summed E-state index contributed by atoms with van der Waals surface area (Å²) in [5.74, 6) is -0.301. The molecule has 7 nitrogen and oxygen atoms in total. The number of carbonyl (C=O) groups excluding carboxylic acids is 1. The fourth-order valence-corrected chi connectivity index (χ4v) is 3.99. The lowest BCUT2D eigenvalue weighted by Gasteiger charge is -2.29. The highest BCUT2D eigenvalue weighted by atomic mass is 16.2. The number of carbonyl (C=O) groups is 1. The number of hydrogen-bond acceptors (Lipinski definition) is 3. The number of nitrogens with zero attached hydrogens (tertiary/aromatic N) is 1. The molecule has 4 rings (SSSR count). The van der Waals surface area contributed by atoms with Crippen LogP contribution in [0.5, 0.6) is 0 Å². The van der Waals surface area contributed by atoms with Crippen molar-refractivity contribution in [3.8, 4) is 0 Å². The maximum absolute atomic E-state index is 12.6. The molecule has 1 amide bonds.